The highest BCUT2D eigenvalue weighted by atomic mass is 127. The monoisotopic (exact) mass is 467 g/mol. The van der Waals surface area contributed by atoms with Crippen LogP contribution >= 0.6 is 33.9 Å². The first-order valence-corrected chi connectivity index (χ1v) is 9.62. The molecule has 0 saturated heterocycles. The van der Waals surface area contributed by atoms with E-state index in [2.05, 4.69) is 38.0 Å². The summed E-state index contributed by atoms with van der Waals surface area (Å²) in [5, 5.41) is 7.64. The van der Waals surface area contributed by atoms with Crippen molar-refractivity contribution in [3.63, 3.8) is 0 Å². The van der Waals surface area contributed by atoms with Gasteiger partial charge in [0.15, 0.2) is 5.82 Å². The van der Waals surface area contributed by atoms with Gasteiger partial charge in [0, 0.05) is 8.45 Å². The third-order valence-electron chi connectivity index (χ3n) is 3.91. The number of fused-ring (bicyclic) bond motifs is 1. The molecule has 8 heteroatoms. The quantitative estimate of drug-likeness (QED) is 0.589. The van der Waals surface area contributed by atoms with Gasteiger partial charge in [-0.05, 0) is 53.6 Å². The maximum Gasteiger partial charge on any atom is 0.261 e. The molecule has 0 saturated carbocycles. The minimum Gasteiger partial charge on any atom is -0.376 e. The van der Waals surface area contributed by atoms with Gasteiger partial charge < -0.3 is 14.6 Å². The highest BCUT2D eigenvalue weighted by molar-refractivity contribution is 14.1. The maximum atomic E-state index is 12.7. The number of benzene rings is 1. The number of halogens is 1. The second-order valence-electron chi connectivity index (χ2n) is 5.59. The third kappa shape index (κ3) is 3.21. The molecule has 1 aliphatic heterocycles. The van der Waals surface area contributed by atoms with E-state index in [9.17, 15) is 4.79 Å². The molecule has 0 aliphatic carbocycles. The Hall–Kier alpha value is -1.78. The van der Waals surface area contributed by atoms with E-state index in [4.69, 9.17) is 9.26 Å². The number of hydrogen-bond donors (Lipinski definition) is 1. The van der Waals surface area contributed by atoms with Gasteiger partial charge in [0.1, 0.15) is 5.00 Å². The van der Waals surface area contributed by atoms with Crippen LogP contribution in [0.1, 0.15) is 26.6 Å². The molecule has 1 amide bonds. The Kier molecular flexibility index (Phi) is 4.57. The lowest BCUT2D eigenvalue weighted by Crippen LogP contribution is -2.13. The largest absolute Gasteiger partial charge is 0.376 e. The molecule has 0 radical (unpaired) electrons. The SMILES string of the molecule is Cc1noc(-c2c(NC(=O)c3ccccc3I)sc3c2CCOC3)n1. The van der Waals surface area contributed by atoms with Crippen molar-refractivity contribution in [2.45, 2.75) is 20.0 Å². The number of aromatic nitrogens is 2. The van der Waals surface area contributed by atoms with E-state index in [1.807, 2.05) is 24.3 Å². The minimum absolute atomic E-state index is 0.151. The molecular weight excluding hydrogens is 453 g/mol. The third-order valence-corrected chi connectivity index (χ3v) is 5.97. The van der Waals surface area contributed by atoms with Crippen LogP contribution in [0.3, 0.4) is 0 Å². The molecule has 1 N–H and O–H groups in total. The van der Waals surface area contributed by atoms with Gasteiger partial charge in [0.25, 0.3) is 11.8 Å². The van der Waals surface area contributed by atoms with E-state index >= 15 is 0 Å². The molecule has 3 heterocycles. The highest BCUT2D eigenvalue weighted by Gasteiger charge is 2.27. The topological polar surface area (TPSA) is 77.2 Å². The lowest BCUT2D eigenvalue weighted by atomic mass is 10.1. The van der Waals surface area contributed by atoms with Gasteiger partial charge in [-0.25, -0.2) is 0 Å². The van der Waals surface area contributed by atoms with E-state index in [1.54, 1.807) is 6.92 Å². The van der Waals surface area contributed by atoms with Crippen molar-refractivity contribution in [2.24, 2.45) is 0 Å². The number of carbonyl (C=O) groups excluding carboxylic acids is 1. The number of carbonyl (C=O) groups is 1. The van der Waals surface area contributed by atoms with Gasteiger partial charge in [-0.1, -0.05) is 17.3 Å². The van der Waals surface area contributed by atoms with E-state index in [0.717, 1.165) is 31.0 Å². The molecular formula is C17H14IN3O3S. The van der Waals surface area contributed by atoms with Gasteiger partial charge in [0.05, 0.1) is 24.3 Å². The van der Waals surface area contributed by atoms with Crippen molar-refractivity contribution in [3.8, 4) is 11.5 Å². The summed E-state index contributed by atoms with van der Waals surface area (Å²) in [6.45, 7) is 2.96. The number of aryl methyl sites for hydroxylation is 1. The molecule has 25 heavy (non-hydrogen) atoms. The Balaban J connectivity index is 1.75. The van der Waals surface area contributed by atoms with Crippen LogP contribution in [0, 0.1) is 10.5 Å². The predicted molar refractivity (Wildman–Crippen MR) is 103 cm³/mol. The fourth-order valence-corrected chi connectivity index (χ4v) is 4.57. The van der Waals surface area contributed by atoms with Crippen LogP contribution in [-0.4, -0.2) is 22.7 Å². The zero-order chi connectivity index (χ0) is 17.4. The molecule has 6 nitrogen and oxygen atoms in total. The minimum atomic E-state index is -0.151. The summed E-state index contributed by atoms with van der Waals surface area (Å²) >= 11 is 3.67. The number of ether oxygens (including phenoxy) is 1. The number of rotatable bonds is 3. The summed E-state index contributed by atoms with van der Waals surface area (Å²) in [6, 6.07) is 7.48. The normalized spacial score (nSPS) is 13.5. The summed E-state index contributed by atoms with van der Waals surface area (Å²) in [5.41, 5.74) is 2.58. The first-order valence-electron chi connectivity index (χ1n) is 7.72. The Morgan fingerprint density at radius 3 is 2.96 bits per heavy atom. The second kappa shape index (κ2) is 6.85. The molecule has 128 valence electrons. The fourth-order valence-electron chi connectivity index (χ4n) is 2.76. The molecule has 0 fully saturated rings. The molecule has 0 unspecified atom stereocenters. The van der Waals surface area contributed by atoms with Crippen LogP contribution in [0.4, 0.5) is 5.00 Å². The predicted octanol–water partition coefficient (Wildman–Crippen LogP) is 4.04. The average Bonchev–Trinajstić information content (AvgIpc) is 3.17. The van der Waals surface area contributed by atoms with Crippen molar-refractivity contribution >= 4 is 44.8 Å². The van der Waals surface area contributed by atoms with E-state index in [-0.39, 0.29) is 5.91 Å². The number of hydrogen-bond acceptors (Lipinski definition) is 6. The molecule has 4 rings (SSSR count). The highest BCUT2D eigenvalue weighted by Crippen LogP contribution is 2.42. The van der Waals surface area contributed by atoms with Crippen molar-refractivity contribution < 1.29 is 14.1 Å². The Morgan fingerprint density at radius 2 is 2.20 bits per heavy atom. The molecule has 1 aromatic carbocycles. The zero-order valence-corrected chi connectivity index (χ0v) is 16.3. The summed E-state index contributed by atoms with van der Waals surface area (Å²) in [4.78, 5) is 18.2. The maximum absolute atomic E-state index is 12.7. The summed E-state index contributed by atoms with van der Waals surface area (Å²) in [6.07, 6.45) is 0.765. The van der Waals surface area contributed by atoms with Gasteiger partial charge in [-0.3, -0.25) is 4.79 Å². The number of thiophene rings is 1. The van der Waals surface area contributed by atoms with Gasteiger partial charge >= 0.3 is 0 Å². The van der Waals surface area contributed by atoms with Crippen LogP contribution in [-0.2, 0) is 17.8 Å². The molecule has 2 aromatic heterocycles. The first kappa shape index (κ1) is 16.7. The number of nitrogens with zero attached hydrogens (tertiary/aromatic N) is 2. The summed E-state index contributed by atoms with van der Waals surface area (Å²) in [7, 11) is 0. The van der Waals surface area contributed by atoms with Crippen molar-refractivity contribution in [3.05, 3.63) is 49.7 Å². The van der Waals surface area contributed by atoms with Crippen molar-refractivity contribution in [1.82, 2.24) is 10.1 Å². The van der Waals surface area contributed by atoms with Gasteiger partial charge in [0.2, 0.25) is 0 Å². The molecule has 0 spiro atoms. The van der Waals surface area contributed by atoms with Crippen LogP contribution in [0.25, 0.3) is 11.5 Å². The van der Waals surface area contributed by atoms with Gasteiger partial charge in [-0.2, -0.15) is 4.98 Å². The standard InChI is InChI=1S/C17H14IN3O3S/c1-9-19-16(24-21-9)14-11-6-7-23-8-13(11)25-17(14)20-15(22)10-4-2-3-5-12(10)18/h2-5H,6-8H2,1H3,(H,20,22). The Morgan fingerprint density at radius 1 is 1.36 bits per heavy atom. The van der Waals surface area contributed by atoms with Gasteiger partial charge in [-0.15, -0.1) is 11.3 Å². The smallest absolute Gasteiger partial charge is 0.261 e. The zero-order valence-electron chi connectivity index (χ0n) is 13.3. The number of amides is 1. The Labute approximate surface area is 161 Å². The fraction of sp³-hybridized carbons (Fsp3) is 0.235. The number of anilines is 1. The van der Waals surface area contributed by atoms with E-state index in [0.29, 0.717) is 30.5 Å². The lowest BCUT2D eigenvalue weighted by molar-refractivity contribution is 0.102. The van der Waals surface area contributed by atoms with Crippen LogP contribution in [0.2, 0.25) is 0 Å². The molecule has 3 aromatic rings. The molecule has 1 aliphatic rings. The Bertz CT molecular complexity index is 951. The van der Waals surface area contributed by atoms with Crippen molar-refractivity contribution in [1.29, 1.82) is 0 Å². The van der Waals surface area contributed by atoms with E-state index in [1.165, 1.54) is 11.3 Å². The van der Waals surface area contributed by atoms with Crippen LogP contribution in [0.5, 0.6) is 0 Å². The molecule has 0 atom stereocenters. The number of nitrogens with one attached hydrogen (secondary N) is 1. The first-order chi connectivity index (χ1) is 12.1. The van der Waals surface area contributed by atoms with E-state index < -0.39 is 0 Å². The van der Waals surface area contributed by atoms with Crippen LogP contribution in [0.15, 0.2) is 28.8 Å². The second-order valence-corrected chi connectivity index (χ2v) is 7.86. The average molecular weight is 467 g/mol. The summed E-state index contributed by atoms with van der Waals surface area (Å²) in [5.74, 6) is 0.855. The molecule has 0 bridgehead atoms. The van der Waals surface area contributed by atoms with Crippen LogP contribution < -0.4 is 5.32 Å². The summed E-state index contributed by atoms with van der Waals surface area (Å²) < 4.78 is 11.8. The lowest BCUT2D eigenvalue weighted by Gasteiger charge is -2.12. The van der Waals surface area contributed by atoms with Crippen molar-refractivity contribution in [2.75, 3.05) is 11.9 Å².